The van der Waals surface area contributed by atoms with Gasteiger partial charge in [-0.3, -0.25) is 4.79 Å². The lowest BCUT2D eigenvalue weighted by Crippen LogP contribution is -2.67. The van der Waals surface area contributed by atoms with Crippen LogP contribution in [-0.2, 0) is 23.1 Å². The maximum absolute atomic E-state index is 11.4. The zero-order valence-corrected chi connectivity index (χ0v) is 16.2. The lowest BCUT2D eigenvalue weighted by molar-refractivity contribution is -0.194. The van der Waals surface area contributed by atoms with Crippen molar-refractivity contribution in [1.82, 2.24) is 9.97 Å². The summed E-state index contributed by atoms with van der Waals surface area (Å²) < 4.78 is 0. The van der Waals surface area contributed by atoms with Crippen molar-refractivity contribution < 1.29 is 9.90 Å². The smallest absolute Gasteiger partial charge is 0.309 e. The largest absolute Gasteiger partial charge is 0.481 e. The van der Waals surface area contributed by atoms with Gasteiger partial charge >= 0.3 is 5.97 Å². The van der Waals surface area contributed by atoms with Crippen molar-refractivity contribution in [1.29, 1.82) is 0 Å². The number of hydrogen-bond donors (Lipinski definition) is 1. The van der Waals surface area contributed by atoms with Crippen LogP contribution in [0.15, 0.2) is 24.3 Å². The highest BCUT2D eigenvalue weighted by atomic mass is 16.4. The Hall–Kier alpha value is -2.43. The molecule has 28 heavy (non-hydrogen) atoms. The highest BCUT2D eigenvalue weighted by Crippen LogP contribution is 2.73. The molecule has 1 aliphatic heterocycles. The number of aryl methyl sites for hydroxylation is 1. The SMILES string of the molecule is C[C@H]1CCN1c1nc2c(c(-c3ccc(C45CC(C(=O)O)(C4)C5)cc3)n1)CCC2. The first-order valence-corrected chi connectivity index (χ1v) is 10.5. The molecule has 0 radical (unpaired) electrons. The predicted molar refractivity (Wildman–Crippen MR) is 107 cm³/mol. The van der Waals surface area contributed by atoms with Crippen LogP contribution in [0.2, 0.25) is 0 Å². The van der Waals surface area contributed by atoms with Crippen molar-refractivity contribution in [3.63, 3.8) is 0 Å². The molecule has 7 rings (SSSR count). The van der Waals surface area contributed by atoms with Gasteiger partial charge in [0.1, 0.15) is 0 Å². The Bertz CT molecular complexity index is 978. The predicted octanol–water partition coefficient (Wildman–Crippen LogP) is 3.74. The van der Waals surface area contributed by atoms with Crippen molar-refractivity contribution in [3.8, 4) is 11.3 Å². The van der Waals surface area contributed by atoms with E-state index in [-0.39, 0.29) is 5.41 Å². The number of benzene rings is 1. The zero-order valence-electron chi connectivity index (χ0n) is 16.2. The van der Waals surface area contributed by atoms with Gasteiger partial charge in [0.25, 0.3) is 0 Å². The Morgan fingerprint density at radius 1 is 1.14 bits per heavy atom. The zero-order chi connectivity index (χ0) is 19.1. The van der Waals surface area contributed by atoms with Gasteiger partial charge in [0.15, 0.2) is 0 Å². The molecule has 1 aromatic heterocycles. The Morgan fingerprint density at radius 3 is 2.50 bits per heavy atom. The van der Waals surface area contributed by atoms with E-state index in [4.69, 9.17) is 9.97 Å². The third kappa shape index (κ3) is 2.05. The second-order valence-electron chi connectivity index (χ2n) is 9.46. The van der Waals surface area contributed by atoms with Crippen LogP contribution in [0.5, 0.6) is 0 Å². The topological polar surface area (TPSA) is 66.3 Å². The molecule has 1 aromatic carbocycles. The van der Waals surface area contributed by atoms with Crippen LogP contribution in [-0.4, -0.2) is 33.6 Å². The number of aliphatic carboxylic acids is 1. The minimum Gasteiger partial charge on any atom is -0.481 e. The Labute approximate surface area is 164 Å². The number of aromatic nitrogens is 2. The average molecular weight is 375 g/mol. The summed E-state index contributed by atoms with van der Waals surface area (Å²) in [6.45, 7) is 3.29. The number of nitrogens with zero attached hydrogens (tertiary/aromatic N) is 3. The molecular weight excluding hydrogens is 350 g/mol. The summed E-state index contributed by atoms with van der Waals surface area (Å²) in [5, 5.41) is 9.37. The average Bonchev–Trinajstić information content (AvgIpc) is 3.06. The Morgan fingerprint density at radius 2 is 1.89 bits per heavy atom. The summed E-state index contributed by atoms with van der Waals surface area (Å²) in [5.74, 6) is 0.275. The maximum atomic E-state index is 11.4. The van der Waals surface area contributed by atoms with Crippen LogP contribution in [0, 0.1) is 5.41 Å². The monoisotopic (exact) mass is 375 g/mol. The number of hydrogen-bond acceptors (Lipinski definition) is 4. The molecule has 2 heterocycles. The fraction of sp³-hybridized carbons (Fsp3) is 0.522. The van der Waals surface area contributed by atoms with E-state index in [2.05, 4.69) is 36.1 Å². The molecule has 2 bridgehead atoms. The minimum atomic E-state index is -0.615. The number of fused-ring (bicyclic) bond motifs is 1. The molecule has 4 fully saturated rings. The molecular formula is C23H25N3O2. The number of carbonyl (C=O) groups is 1. The second-order valence-corrected chi connectivity index (χ2v) is 9.46. The second kappa shape index (κ2) is 5.34. The molecule has 0 unspecified atom stereocenters. The molecule has 2 aromatic rings. The van der Waals surface area contributed by atoms with E-state index in [1.54, 1.807) is 0 Å². The quantitative estimate of drug-likeness (QED) is 0.882. The van der Waals surface area contributed by atoms with Gasteiger partial charge in [-0.05, 0) is 62.8 Å². The van der Waals surface area contributed by atoms with E-state index >= 15 is 0 Å². The first-order chi connectivity index (χ1) is 13.5. The third-order valence-electron chi connectivity index (χ3n) is 7.75. The van der Waals surface area contributed by atoms with Gasteiger partial charge < -0.3 is 10.0 Å². The number of anilines is 1. The highest BCUT2D eigenvalue weighted by Gasteiger charge is 2.72. The summed E-state index contributed by atoms with van der Waals surface area (Å²) in [6, 6.07) is 9.31. The van der Waals surface area contributed by atoms with Crippen LogP contribution < -0.4 is 4.90 Å². The van der Waals surface area contributed by atoms with Crippen LogP contribution in [0.25, 0.3) is 11.3 Å². The van der Waals surface area contributed by atoms with Crippen LogP contribution in [0.1, 0.15) is 55.8 Å². The first-order valence-electron chi connectivity index (χ1n) is 10.5. The van der Waals surface area contributed by atoms with Crippen molar-refractivity contribution in [2.45, 2.75) is 63.3 Å². The third-order valence-corrected chi connectivity index (χ3v) is 7.75. The van der Waals surface area contributed by atoms with E-state index in [0.29, 0.717) is 6.04 Å². The molecule has 5 heteroatoms. The first kappa shape index (κ1) is 16.5. The van der Waals surface area contributed by atoms with Gasteiger partial charge in [-0.25, -0.2) is 9.97 Å². The Balaban J connectivity index is 1.33. The summed E-state index contributed by atoms with van der Waals surface area (Å²) >= 11 is 0. The lowest BCUT2D eigenvalue weighted by atomic mass is 9.33. The summed E-state index contributed by atoms with van der Waals surface area (Å²) in [6.07, 6.45) is 6.89. The van der Waals surface area contributed by atoms with E-state index in [1.165, 1.54) is 28.8 Å². The Kier molecular flexibility index (Phi) is 3.15. The molecule has 144 valence electrons. The lowest BCUT2D eigenvalue weighted by Gasteiger charge is -2.68. The van der Waals surface area contributed by atoms with Gasteiger partial charge in [0, 0.05) is 29.4 Å². The summed E-state index contributed by atoms with van der Waals surface area (Å²) in [5.41, 5.74) is 5.80. The molecule has 5 nitrogen and oxygen atoms in total. The van der Waals surface area contributed by atoms with E-state index in [1.807, 2.05) is 0 Å². The molecule has 3 saturated carbocycles. The number of rotatable bonds is 4. The van der Waals surface area contributed by atoms with Crippen LogP contribution >= 0.6 is 0 Å². The molecule has 4 aliphatic carbocycles. The van der Waals surface area contributed by atoms with E-state index in [0.717, 1.165) is 56.7 Å². The maximum Gasteiger partial charge on any atom is 0.309 e. The van der Waals surface area contributed by atoms with Gasteiger partial charge in [-0.2, -0.15) is 0 Å². The molecule has 1 atom stereocenters. The van der Waals surface area contributed by atoms with Crippen LogP contribution in [0.4, 0.5) is 5.95 Å². The summed E-state index contributed by atoms with van der Waals surface area (Å²) in [7, 11) is 0. The van der Waals surface area contributed by atoms with Crippen molar-refractivity contribution in [2.75, 3.05) is 11.4 Å². The van der Waals surface area contributed by atoms with Gasteiger partial charge in [0.05, 0.1) is 11.1 Å². The fourth-order valence-electron chi connectivity index (χ4n) is 5.90. The van der Waals surface area contributed by atoms with Crippen molar-refractivity contribution >= 4 is 11.9 Å². The molecule has 0 spiro atoms. The normalized spacial score (nSPS) is 32.2. The number of carboxylic acids is 1. The molecule has 1 N–H and O–H groups in total. The number of carboxylic acid groups (broad SMARTS) is 1. The minimum absolute atomic E-state index is 0.114. The van der Waals surface area contributed by atoms with Gasteiger partial charge in [0.2, 0.25) is 5.95 Å². The van der Waals surface area contributed by atoms with Crippen molar-refractivity contribution in [3.05, 3.63) is 41.1 Å². The molecule has 5 aliphatic rings. The van der Waals surface area contributed by atoms with Crippen LogP contribution in [0.3, 0.4) is 0 Å². The van der Waals surface area contributed by atoms with E-state index < -0.39 is 11.4 Å². The van der Waals surface area contributed by atoms with Crippen molar-refractivity contribution in [2.24, 2.45) is 5.41 Å². The highest BCUT2D eigenvalue weighted by molar-refractivity contribution is 5.81. The standard InChI is InChI=1S/C23H25N3O2/c1-14-9-10-26(14)21-24-18-4-2-3-17(18)19(25-21)15-5-7-16(8-6-15)22-11-23(12-22,13-22)20(27)28/h5-8,14H,2-4,9-13H2,1H3,(H,27,28)/t14-,22?,23?/m0/s1. The summed E-state index contributed by atoms with van der Waals surface area (Å²) in [4.78, 5) is 23.6. The van der Waals surface area contributed by atoms with Gasteiger partial charge in [-0.1, -0.05) is 24.3 Å². The molecule has 0 amide bonds. The van der Waals surface area contributed by atoms with E-state index in [9.17, 15) is 9.90 Å². The molecule has 1 saturated heterocycles. The van der Waals surface area contributed by atoms with Gasteiger partial charge in [-0.15, -0.1) is 0 Å². The fourth-order valence-corrected chi connectivity index (χ4v) is 5.90.